The van der Waals surface area contributed by atoms with Crippen LogP contribution >= 0.6 is 27.5 Å². The Morgan fingerprint density at radius 2 is 1.78 bits per heavy atom. The van der Waals surface area contributed by atoms with Crippen LogP contribution in [0.1, 0.15) is 25.8 Å². The summed E-state index contributed by atoms with van der Waals surface area (Å²) in [6, 6.07) is 2.33. The fraction of sp³-hybridized carbons (Fsp3) is 0.478. The van der Waals surface area contributed by atoms with Crippen molar-refractivity contribution in [1.82, 2.24) is 4.90 Å². The van der Waals surface area contributed by atoms with Crippen molar-refractivity contribution in [2.24, 2.45) is 29.6 Å². The van der Waals surface area contributed by atoms with Gasteiger partial charge >= 0.3 is 5.97 Å². The number of nitrogens with one attached hydrogen (secondary N) is 1. The third-order valence-corrected chi connectivity index (χ3v) is 7.99. The smallest absolute Gasteiger partial charge is 0.330 e. The van der Waals surface area contributed by atoms with E-state index in [-0.39, 0.29) is 41.4 Å². The summed E-state index contributed by atoms with van der Waals surface area (Å²) < 4.78 is 5.94. The molecule has 0 radical (unpaired) electrons. The van der Waals surface area contributed by atoms with Gasteiger partial charge in [0.2, 0.25) is 11.8 Å². The highest BCUT2D eigenvalue weighted by molar-refractivity contribution is 9.10. The maximum absolute atomic E-state index is 13.1. The number of carbonyl (C=O) groups excluding carboxylic acids is 4. The third-order valence-electron chi connectivity index (χ3n) is 6.61. The fourth-order valence-corrected chi connectivity index (χ4v) is 5.67. The van der Waals surface area contributed by atoms with Crippen LogP contribution in [-0.4, -0.2) is 41.2 Å². The number of fused-ring (bicyclic) bond motifs is 5. The van der Waals surface area contributed by atoms with Crippen molar-refractivity contribution in [1.29, 1.82) is 0 Å². The minimum Gasteiger partial charge on any atom is -0.454 e. The predicted molar refractivity (Wildman–Crippen MR) is 122 cm³/mol. The van der Waals surface area contributed by atoms with E-state index in [4.69, 9.17) is 16.3 Å². The molecule has 0 spiro atoms. The van der Waals surface area contributed by atoms with Gasteiger partial charge in [0.05, 0.1) is 16.9 Å². The molecule has 1 aromatic carbocycles. The van der Waals surface area contributed by atoms with Crippen LogP contribution in [0.15, 0.2) is 28.8 Å². The number of rotatable bonds is 6. The first-order valence-electron chi connectivity index (χ1n) is 10.6. The molecule has 1 saturated heterocycles. The Bertz CT molecular complexity index is 1010. The number of carbonyl (C=O) groups is 4. The average Bonchev–Trinajstić information content (AvgIpc) is 3.42. The Kier molecular flexibility index (Phi) is 6.20. The first kappa shape index (κ1) is 23.0. The molecule has 170 valence electrons. The molecular weight excluding hydrogens is 500 g/mol. The molecule has 1 aliphatic heterocycles. The van der Waals surface area contributed by atoms with E-state index in [0.717, 1.165) is 11.3 Å². The first-order valence-corrected chi connectivity index (χ1v) is 11.7. The molecule has 1 aromatic rings. The molecule has 3 aliphatic rings. The Balaban J connectivity index is 1.42. The number of amides is 3. The maximum atomic E-state index is 13.1. The predicted octanol–water partition coefficient (Wildman–Crippen LogP) is 3.72. The Morgan fingerprint density at radius 3 is 2.34 bits per heavy atom. The van der Waals surface area contributed by atoms with E-state index in [2.05, 4.69) is 21.2 Å². The lowest BCUT2D eigenvalue weighted by Gasteiger charge is -2.28. The topological polar surface area (TPSA) is 92.8 Å². The third kappa shape index (κ3) is 3.77. The van der Waals surface area contributed by atoms with Crippen molar-refractivity contribution in [2.75, 3.05) is 11.9 Å². The molecule has 1 saturated carbocycles. The van der Waals surface area contributed by atoms with E-state index in [1.165, 1.54) is 0 Å². The van der Waals surface area contributed by atoms with E-state index in [0.29, 0.717) is 20.7 Å². The number of hydrogen-bond donors (Lipinski definition) is 1. The molecule has 7 nitrogen and oxygen atoms in total. The molecule has 9 heteroatoms. The lowest BCUT2D eigenvalue weighted by Crippen LogP contribution is -2.50. The zero-order chi connectivity index (χ0) is 23.3. The molecule has 2 aliphatic carbocycles. The number of halogens is 2. The highest BCUT2D eigenvalue weighted by Gasteiger charge is 2.61. The van der Waals surface area contributed by atoms with Crippen LogP contribution < -0.4 is 5.32 Å². The summed E-state index contributed by atoms with van der Waals surface area (Å²) >= 11 is 9.50. The molecular formula is C23H24BrClN2O5. The number of benzene rings is 1. The molecule has 5 atom stereocenters. The van der Waals surface area contributed by atoms with Crippen molar-refractivity contribution in [3.05, 3.63) is 39.3 Å². The molecule has 32 heavy (non-hydrogen) atoms. The van der Waals surface area contributed by atoms with Crippen LogP contribution in [0.5, 0.6) is 0 Å². The minimum absolute atomic E-state index is 0.0574. The second kappa shape index (κ2) is 8.63. The van der Waals surface area contributed by atoms with Gasteiger partial charge in [0.25, 0.3) is 5.91 Å². The van der Waals surface area contributed by atoms with Gasteiger partial charge in [0, 0.05) is 10.2 Å². The fourth-order valence-electron chi connectivity index (χ4n) is 5.07. The van der Waals surface area contributed by atoms with Crippen LogP contribution in [-0.2, 0) is 23.9 Å². The SMILES string of the molecule is Cc1c(NC(=O)COC(=O)[C@@H](C(C)C)N2C(=O)[C@@H]3[C@H](C2=O)[C@H]2C=C[C@H]3C2)ccc(Br)c1Cl. The molecule has 1 N–H and O–H groups in total. The summed E-state index contributed by atoms with van der Waals surface area (Å²) in [6.45, 7) is 4.72. The second-order valence-corrected chi connectivity index (χ2v) is 10.2. The largest absolute Gasteiger partial charge is 0.454 e. The van der Waals surface area contributed by atoms with Crippen LogP contribution in [0.2, 0.25) is 5.02 Å². The van der Waals surface area contributed by atoms with Crippen molar-refractivity contribution in [3.63, 3.8) is 0 Å². The molecule has 2 fully saturated rings. The van der Waals surface area contributed by atoms with Gasteiger partial charge in [-0.3, -0.25) is 19.3 Å². The van der Waals surface area contributed by atoms with Crippen LogP contribution in [0.25, 0.3) is 0 Å². The van der Waals surface area contributed by atoms with Crippen LogP contribution in [0.4, 0.5) is 5.69 Å². The number of nitrogens with zero attached hydrogens (tertiary/aromatic N) is 1. The van der Waals surface area contributed by atoms with Gasteiger partial charge in [-0.25, -0.2) is 4.79 Å². The van der Waals surface area contributed by atoms with Crippen molar-refractivity contribution in [2.45, 2.75) is 33.2 Å². The molecule has 0 aromatic heterocycles. The van der Waals surface area contributed by atoms with Crippen LogP contribution in [0, 0.1) is 36.5 Å². The summed E-state index contributed by atoms with van der Waals surface area (Å²) in [6.07, 6.45) is 4.82. The molecule has 4 rings (SSSR count). The molecule has 3 amide bonds. The number of hydrogen-bond acceptors (Lipinski definition) is 5. The highest BCUT2D eigenvalue weighted by Crippen LogP contribution is 2.53. The summed E-state index contributed by atoms with van der Waals surface area (Å²) in [5.74, 6) is -2.93. The quantitative estimate of drug-likeness (QED) is 0.348. The minimum atomic E-state index is -1.06. The Labute approximate surface area is 199 Å². The van der Waals surface area contributed by atoms with E-state index >= 15 is 0 Å². The zero-order valence-corrected chi connectivity index (χ0v) is 20.3. The number of allylic oxidation sites excluding steroid dienone is 2. The van der Waals surface area contributed by atoms with Gasteiger partial charge in [-0.2, -0.15) is 0 Å². The lowest BCUT2D eigenvalue weighted by atomic mass is 9.85. The lowest BCUT2D eigenvalue weighted by molar-refractivity contribution is -0.162. The zero-order valence-electron chi connectivity index (χ0n) is 17.9. The van der Waals surface area contributed by atoms with Gasteiger partial charge in [0.15, 0.2) is 6.61 Å². The van der Waals surface area contributed by atoms with Crippen molar-refractivity contribution < 1.29 is 23.9 Å². The number of ether oxygens (including phenoxy) is 1. The molecule has 1 heterocycles. The summed E-state index contributed by atoms with van der Waals surface area (Å²) in [4.78, 5) is 52.5. The monoisotopic (exact) mass is 522 g/mol. The van der Waals surface area contributed by atoms with E-state index in [9.17, 15) is 19.2 Å². The number of imide groups is 1. The maximum Gasteiger partial charge on any atom is 0.330 e. The average molecular weight is 524 g/mol. The van der Waals surface area contributed by atoms with Gasteiger partial charge in [-0.05, 0) is 64.7 Å². The molecule has 2 bridgehead atoms. The summed E-state index contributed by atoms with van der Waals surface area (Å²) in [7, 11) is 0. The van der Waals surface area contributed by atoms with Gasteiger partial charge in [-0.15, -0.1) is 0 Å². The molecule has 0 unspecified atom stereocenters. The van der Waals surface area contributed by atoms with Crippen molar-refractivity contribution >= 4 is 56.9 Å². The second-order valence-electron chi connectivity index (χ2n) is 8.93. The van der Waals surface area contributed by atoms with Crippen molar-refractivity contribution in [3.8, 4) is 0 Å². The Hall–Kier alpha value is -2.19. The van der Waals surface area contributed by atoms with Gasteiger partial charge < -0.3 is 10.1 Å². The Morgan fingerprint density at radius 1 is 1.19 bits per heavy atom. The standard InChI is InChI=1S/C23H24BrClN2O5/c1-10(2)20(27-21(29)17-12-4-5-13(8-12)18(17)22(27)30)23(31)32-9-16(28)26-15-7-6-14(24)19(25)11(15)3/h4-7,10,12-13,17-18,20H,8-9H2,1-3H3,(H,26,28)/t12-,13-,17-,18+,20+/m0/s1. The van der Waals surface area contributed by atoms with E-state index in [1.54, 1.807) is 32.9 Å². The highest BCUT2D eigenvalue weighted by atomic mass is 79.9. The van der Waals surface area contributed by atoms with E-state index in [1.807, 2.05) is 12.2 Å². The van der Waals surface area contributed by atoms with Crippen LogP contribution in [0.3, 0.4) is 0 Å². The summed E-state index contributed by atoms with van der Waals surface area (Å²) in [5, 5.41) is 3.14. The first-order chi connectivity index (χ1) is 15.1. The van der Waals surface area contributed by atoms with Gasteiger partial charge in [0.1, 0.15) is 6.04 Å². The number of esters is 1. The van der Waals surface area contributed by atoms with Gasteiger partial charge in [-0.1, -0.05) is 37.6 Å². The number of anilines is 1. The number of likely N-dealkylation sites (tertiary alicyclic amines) is 1. The normalized spacial score (nSPS) is 26.6. The summed E-state index contributed by atoms with van der Waals surface area (Å²) in [5.41, 5.74) is 1.17. The van der Waals surface area contributed by atoms with E-state index < -0.39 is 24.5 Å².